The Morgan fingerprint density at radius 2 is 2.00 bits per heavy atom. The number of aromatic nitrogens is 2. The van der Waals surface area contributed by atoms with Gasteiger partial charge in [0.05, 0.1) is 18.2 Å². The molecule has 0 aliphatic carbocycles. The Balaban J connectivity index is 2.59. The molecule has 2 rings (SSSR count). The van der Waals surface area contributed by atoms with E-state index in [4.69, 9.17) is 9.47 Å². The lowest BCUT2D eigenvalue weighted by Gasteiger charge is -2.14. The summed E-state index contributed by atoms with van der Waals surface area (Å²) in [7, 11) is 0. The highest BCUT2D eigenvalue weighted by molar-refractivity contribution is 5.97. The number of ether oxygens (including phenoxy) is 2. The molecular weight excluding hydrogens is 244 g/mol. The van der Waals surface area contributed by atoms with Crippen LogP contribution in [0.1, 0.15) is 31.3 Å². The molecule has 0 atom stereocenters. The topological polar surface area (TPSA) is 61.3 Å². The van der Waals surface area contributed by atoms with E-state index < -0.39 is 5.97 Å². The number of hydrogen-bond acceptors (Lipinski definition) is 5. The molecule has 1 aromatic heterocycles. The van der Waals surface area contributed by atoms with Crippen LogP contribution in [0.25, 0.3) is 10.9 Å². The van der Waals surface area contributed by atoms with Crippen molar-refractivity contribution in [1.82, 2.24) is 10.2 Å². The zero-order valence-electron chi connectivity index (χ0n) is 11.2. The fourth-order valence-corrected chi connectivity index (χ4v) is 1.72. The number of carbonyl (C=O) groups is 1. The van der Waals surface area contributed by atoms with Crippen LogP contribution >= 0.6 is 0 Å². The number of carbonyl (C=O) groups excluding carboxylic acids is 1. The molecule has 0 aliphatic heterocycles. The zero-order chi connectivity index (χ0) is 13.8. The monoisotopic (exact) mass is 260 g/mol. The third-order valence-corrected chi connectivity index (χ3v) is 2.44. The van der Waals surface area contributed by atoms with Gasteiger partial charge in [0, 0.05) is 5.39 Å². The second-order valence-electron chi connectivity index (χ2n) is 4.28. The van der Waals surface area contributed by atoms with Gasteiger partial charge in [0.15, 0.2) is 5.75 Å². The highest BCUT2D eigenvalue weighted by Crippen LogP contribution is 2.28. The van der Waals surface area contributed by atoms with E-state index in [1.807, 2.05) is 38.1 Å². The van der Waals surface area contributed by atoms with Gasteiger partial charge in [-0.3, -0.25) is 0 Å². The quantitative estimate of drug-likeness (QED) is 0.791. The van der Waals surface area contributed by atoms with E-state index in [9.17, 15) is 4.79 Å². The Labute approximate surface area is 111 Å². The summed E-state index contributed by atoms with van der Waals surface area (Å²) in [5.41, 5.74) is 0.806. The molecule has 0 radical (unpaired) electrons. The molecule has 0 saturated carbocycles. The van der Waals surface area contributed by atoms with Crippen molar-refractivity contribution in [3.05, 3.63) is 30.0 Å². The summed E-state index contributed by atoms with van der Waals surface area (Å²) in [6, 6.07) is 7.40. The van der Waals surface area contributed by atoms with E-state index in [2.05, 4.69) is 10.2 Å². The lowest BCUT2D eigenvalue weighted by molar-refractivity contribution is 0.0511. The molecule has 0 aliphatic rings. The number of benzene rings is 1. The number of rotatable bonds is 4. The van der Waals surface area contributed by atoms with E-state index in [0.29, 0.717) is 11.3 Å². The van der Waals surface area contributed by atoms with Gasteiger partial charge < -0.3 is 9.47 Å². The molecular formula is C14H16N2O3. The smallest absolute Gasteiger partial charge is 0.362 e. The fourth-order valence-electron chi connectivity index (χ4n) is 1.72. The van der Waals surface area contributed by atoms with E-state index >= 15 is 0 Å². The number of hydrogen-bond donors (Lipinski definition) is 0. The van der Waals surface area contributed by atoms with E-state index in [0.717, 1.165) is 5.39 Å². The van der Waals surface area contributed by atoms with Crippen molar-refractivity contribution in [2.24, 2.45) is 0 Å². The van der Waals surface area contributed by atoms with Crippen molar-refractivity contribution < 1.29 is 14.3 Å². The van der Waals surface area contributed by atoms with Gasteiger partial charge in [-0.2, -0.15) is 0 Å². The van der Waals surface area contributed by atoms with Gasteiger partial charge >= 0.3 is 5.97 Å². The molecule has 19 heavy (non-hydrogen) atoms. The van der Waals surface area contributed by atoms with Gasteiger partial charge in [-0.25, -0.2) is 4.79 Å². The minimum atomic E-state index is -0.517. The molecule has 0 amide bonds. The highest BCUT2D eigenvalue weighted by Gasteiger charge is 2.20. The van der Waals surface area contributed by atoms with Gasteiger partial charge in [0.1, 0.15) is 0 Å². The lowest BCUT2D eigenvalue weighted by atomic mass is 10.2. The second-order valence-corrected chi connectivity index (χ2v) is 4.28. The number of fused-ring (bicyclic) bond motifs is 1. The molecule has 1 heterocycles. The molecule has 0 spiro atoms. The first-order chi connectivity index (χ1) is 9.13. The summed E-state index contributed by atoms with van der Waals surface area (Å²) in [6.45, 7) is 5.82. The van der Waals surface area contributed by atoms with E-state index in [1.54, 1.807) is 6.92 Å². The normalized spacial score (nSPS) is 10.7. The molecule has 5 heteroatoms. The fraction of sp³-hybridized carbons (Fsp3) is 0.357. The predicted octanol–water partition coefficient (Wildman–Crippen LogP) is 2.59. The standard InChI is InChI=1S/C14H16N2O3/c1-4-18-14(17)12-13(19-9(2)3)10-7-5-6-8-11(10)15-16-12/h5-9H,4H2,1-3H3. The summed E-state index contributed by atoms with van der Waals surface area (Å²) in [6.07, 6.45) is -0.0687. The molecule has 1 aromatic carbocycles. The Morgan fingerprint density at radius 3 is 2.68 bits per heavy atom. The first kappa shape index (κ1) is 13.3. The minimum Gasteiger partial charge on any atom is -0.488 e. The van der Waals surface area contributed by atoms with Crippen molar-refractivity contribution in [3.8, 4) is 5.75 Å². The average molecular weight is 260 g/mol. The summed E-state index contributed by atoms with van der Waals surface area (Å²) in [4.78, 5) is 11.9. The Bertz CT molecular complexity index is 596. The summed E-state index contributed by atoms with van der Waals surface area (Å²) < 4.78 is 10.7. The van der Waals surface area contributed by atoms with Crippen molar-refractivity contribution in [2.45, 2.75) is 26.9 Å². The number of nitrogens with zero attached hydrogens (tertiary/aromatic N) is 2. The van der Waals surface area contributed by atoms with Crippen LogP contribution in [0.2, 0.25) is 0 Å². The Kier molecular flexibility index (Phi) is 3.94. The SMILES string of the molecule is CCOC(=O)c1nnc2ccccc2c1OC(C)C. The van der Waals surface area contributed by atoms with Crippen molar-refractivity contribution in [3.63, 3.8) is 0 Å². The molecule has 0 fully saturated rings. The average Bonchev–Trinajstić information content (AvgIpc) is 2.38. The molecule has 0 bridgehead atoms. The van der Waals surface area contributed by atoms with Crippen molar-refractivity contribution >= 4 is 16.9 Å². The first-order valence-electron chi connectivity index (χ1n) is 6.22. The maximum absolute atomic E-state index is 11.9. The third-order valence-electron chi connectivity index (χ3n) is 2.44. The van der Waals surface area contributed by atoms with Crippen molar-refractivity contribution in [2.75, 3.05) is 6.61 Å². The van der Waals surface area contributed by atoms with Gasteiger partial charge in [0.25, 0.3) is 0 Å². The Hall–Kier alpha value is -2.17. The maximum Gasteiger partial charge on any atom is 0.362 e. The lowest BCUT2D eigenvalue weighted by Crippen LogP contribution is -2.15. The van der Waals surface area contributed by atoms with E-state index in [1.165, 1.54) is 0 Å². The van der Waals surface area contributed by atoms with Gasteiger partial charge in [0.2, 0.25) is 5.69 Å². The molecule has 0 N–H and O–H groups in total. The van der Waals surface area contributed by atoms with Crippen molar-refractivity contribution in [1.29, 1.82) is 0 Å². The van der Waals surface area contributed by atoms with Gasteiger partial charge in [-0.15, -0.1) is 10.2 Å². The third kappa shape index (κ3) is 2.81. The molecule has 0 unspecified atom stereocenters. The minimum absolute atomic E-state index is 0.0687. The van der Waals surface area contributed by atoms with Crippen LogP contribution in [-0.4, -0.2) is 28.9 Å². The summed E-state index contributed by atoms with van der Waals surface area (Å²) in [5, 5.41) is 8.71. The Morgan fingerprint density at radius 1 is 1.26 bits per heavy atom. The first-order valence-corrected chi connectivity index (χ1v) is 6.22. The molecule has 5 nitrogen and oxygen atoms in total. The second kappa shape index (κ2) is 5.65. The van der Waals surface area contributed by atoms with Crippen LogP contribution in [0.3, 0.4) is 0 Å². The molecule has 100 valence electrons. The van der Waals surface area contributed by atoms with Crippen LogP contribution in [0, 0.1) is 0 Å². The van der Waals surface area contributed by atoms with Crippen LogP contribution in [0.5, 0.6) is 5.75 Å². The van der Waals surface area contributed by atoms with Crippen LogP contribution in [0.4, 0.5) is 0 Å². The maximum atomic E-state index is 11.9. The molecule has 2 aromatic rings. The summed E-state index contributed by atoms with van der Waals surface area (Å²) in [5.74, 6) is -0.0875. The van der Waals surface area contributed by atoms with E-state index in [-0.39, 0.29) is 18.4 Å². The number of esters is 1. The van der Waals surface area contributed by atoms with Crippen LogP contribution in [-0.2, 0) is 4.74 Å². The van der Waals surface area contributed by atoms with Gasteiger partial charge in [-0.05, 0) is 32.9 Å². The highest BCUT2D eigenvalue weighted by atomic mass is 16.5. The zero-order valence-corrected chi connectivity index (χ0v) is 11.2. The molecule has 0 saturated heterocycles. The largest absolute Gasteiger partial charge is 0.488 e. The predicted molar refractivity (Wildman–Crippen MR) is 71.3 cm³/mol. The van der Waals surface area contributed by atoms with Crippen LogP contribution < -0.4 is 4.74 Å². The summed E-state index contributed by atoms with van der Waals surface area (Å²) >= 11 is 0. The van der Waals surface area contributed by atoms with Crippen LogP contribution in [0.15, 0.2) is 24.3 Å². The van der Waals surface area contributed by atoms with Gasteiger partial charge in [-0.1, -0.05) is 12.1 Å².